The van der Waals surface area contributed by atoms with Crippen LogP contribution in [0.15, 0.2) is 24.3 Å². The first-order valence-corrected chi connectivity index (χ1v) is 6.76. The molecule has 1 aromatic carbocycles. The minimum absolute atomic E-state index is 0.204. The third-order valence-corrected chi connectivity index (χ3v) is 3.48. The lowest BCUT2D eigenvalue weighted by molar-refractivity contribution is -0.129. The van der Waals surface area contributed by atoms with Crippen molar-refractivity contribution in [1.82, 2.24) is 5.32 Å². The van der Waals surface area contributed by atoms with E-state index in [1.54, 1.807) is 24.3 Å². The van der Waals surface area contributed by atoms with Crippen LogP contribution < -0.4 is 11.1 Å². The molecule has 1 aromatic rings. The first-order chi connectivity index (χ1) is 10.1. The van der Waals surface area contributed by atoms with Gasteiger partial charge in [-0.2, -0.15) is 5.26 Å². The Morgan fingerprint density at radius 3 is 2.67 bits per heavy atom. The Balaban J connectivity index is 1.99. The zero-order chi connectivity index (χ0) is 15.2. The predicted octanol–water partition coefficient (Wildman–Crippen LogP) is 0.107. The molecule has 0 aliphatic carbocycles. The molecule has 0 aromatic heterocycles. The summed E-state index contributed by atoms with van der Waals surface area (Å²) < 4.78 is 5.16. The fourth-order valence-corrected chi connectivity index (χ4v) is 2.20. The Bertz CT molecular complexity index is 557. The number of carbonyl (C=O) groups excluding carboxylic acids is 2. The van der Waals surface area contributed by atoms with Gasteiger partial charge in [0.15, 0.2) is 0 Å². The lowest BCUT2D eigenvalue weighted by Crippen LogP contribution is -2.48. The van der Waals surface area contributed by atoms with E-state index in [1.165, 1.54) is 0 Å². The van der Waals surface area contributed by atoms with Gasteiger partial charge >= 0.3 is 0 Å². The van der Waals surface area contributed by atoms with Crippen LogP contribution in [-0.4, -0.2) is 31.1 Å². The summed E-state index contributed by atoms with van der Waals surface area (Å²) in [4.78, 5) is 23.5. The largest absolute Gasteiger partial charge is 0.381 e. The van der Waals surface area contributed by atoms with E-state index in [0.29, 0.717) is 31.6 Å². The lowest BCUT2D eigenvalue weighted by atomic mass is 10.0. The Kier molecular flexibility index (Phi) is 4.90. The Labute approximate surface area is 122 Å². The number of primary amides is 1. The zero-order valence-electron chi connectivity index (χ0n) is 11.5. The van der Waals surface area contributed by atoms with Crippen molar-refractivity contribution in [2.45, 2.75) is 18.9 Å². The molecule has 0 bridgehead atoms. The number of ether oxygens (including phenoxy) is 1. The van der Waals surface area contributed by atoms with Crippen molar-refractivity contribution in [3.63, 3.8) is 0 Å². The van der Waals surface area contributed by atoms with Gasteiger partial charge in [-0.1, -0.05) is 12.1 Å². The van der Waals surface area contributed by atoms with Crippen LogP contribution in [0.4, 0.5) is 0 Å². The van der Waals surface area contributed by atoms with E-state index in [4.69, 9.17) is 15.7 Å². The van der Waals surface area contributed by atoms with Crippen LogP contribution in [0.3, 0.4) is 0 Å². The van der Waals surface area contributed by atoms with Crippen molar-refractivity contribution >= 4 is 11.8 Å². The lowest BCUT2D eigenvalue weighted by Gasteiger charge is -2.17. The number of carbonyl (C=O) groups is 2. The van der Waals surface area contributed by atoms with E-state index in [2.05, 4.69) is 5.32 Å². The number of rotatable bonds is 5. The van der Waals surface area contributed by atoms with Crippen molar-refractivity contribution in [2.75, 3.05) is 13.2 Å². The van der Waals surface area contributed by atoms with Crippen molar-refractivity contribution in [3.05, 3.63) is 35.4 Å². The summed E-state index contributed by atoms with van der Waals surface area (Å²) >= 11 is 0. The third-order valence-electron chi connectivity index (χ3n) is 3.48. The van der Waals surface area contributed by atoms with Gasteiger partial charge < -0.3 is 15.8 Å². The molecule has 2 rings (SSSR count). The minimum atomic E-state index is -0.758. The minimum Gasteiger partial charge on any atom is -0.381 e. The van der Waals surface area contributed by atoms with E-state index >= 15 is 0 Å². The van der Waals surface area contributed by atoms with Crippen LogP contribution in [0.25, 0.3) is 0 Å². The number of amides is 2. The molecule has 0 unspecified atom stereocenters. The molecule has 1 heterocycles. The molecule has 21 heavy (non-hydrogen) atoms. The molecule has 2 amide bonds. The highest BCUT2D eigenvalue weighted by atomic mass is 16.5. The molecule has 0 saturated carbocycles. The summed E-state index contributed by atoms with van der Waals surface area (Å²) in [5, 5.41) is 11.4. The van der Waals surface area contributed by atoms with Gasteiger partial charge in [0.05, 0.1) is 24.2 Å². The average molecular weight is 287 g/mol. The zero-order valence-corrected chi connectivity index (χ0v) is 11.5. The van der Waals surface area contributed by atoms with E-state index in [-0.39, 0.29) is 11.8 Å². The fourth-order valence-electron chi connectivity index (χ4n) is 2.20. The van der Waals surface area contributed by atoms with Crippen LogP contribution in [-0.2, 0) is 20.7 Å². The molecule has 1 fully saturated rings. The van der Waals surface area contributed by atoms with Gasteiger partial charge in [-0.25, -0.2) is 0 Å². The van der Waals surface area contributed by atoms with Gasteiger partial charge in [-0.05, 0) is 24.1 Å². The molecule has 0 radical (unpaired) electrons. The second-order valence-electron chi connectivity index (χ2n) is 5.04. The third kappa shape index (κ3) is 4.04. The van der Waals surface area contributed by atoms with Crippen molar-refractivity contribution in [3.8, 4) is 6.07 Å². The SMILES string of the molecule is N#Cc1ccc(C[C@@H](NC(=O)[C@H]2CCOC2)C(N)=O)cc1. The molecule has 6 heteroatoms. The summed E-state index contributed by atoms with van der Waals surface area (Å²) in [6.45, 7) is 0.948. The maximum Gasteiger partial charge on any atom is 0.240 e. The summed E-state index contributed by atoms with van der Waals surface area (Å²) in [6.07, 6.45) is 0.967. The maximum atomic E-state index is 12.0. The fraction of sp³-hybridized carbons (Fsp3) is 0.400. The van der Waals surface area contributed by atoms with E-state index < -0.39 is 11.9 Å². The molecule has 1 aliphatic heterocycles. The molecule has 1 saturated heterocycles. The molecule has 0 spiro atoms. The Hall–Kier alpha value is -2.39. The maximum absolute atomic E-state index is 12.0. The van der Waals surface area contributed by atoms with Crippen LogP contribution in [0.1, 0.15) is 17.5 Å². The van der Waals surface area contributed by atoms with Gasteiger partial charge in [0.25, 0.3) is 0 Å². The van der Waals surface area contributed by atoms with Gasteiger partial charge in [0.2, 0.25) is 11.8 Å². The van der Waals surface area contributed by atoms with Crippen molar-refractivity contribution < 1.29 is 14.3 Å². The van der Waals surface area contributed by atoms with E-state index in [0.717, 1.165) is 5.56 Å². The second-order valence-corrected chi connectivity index (χ2v) is 5.04. The number of hydrogen-bond donors (Lipinski definition) is 2. The van der Waals surface area contributed by atoms with Crippen LogP contribution in [0, 0.1) is 17.2 Å². The topological polar surface area (TPSA) is 105 Å². The van der Waals surface area contributed by atoms with Crippen LogP contribution in [0.5, 0.6) is 0 Å². The van der Waals surface area contributed by atoms with E-state index in [9.17, 15) is 9.59 Å². The van der Waals surface area contributed by atoms with Crippen molar-refractivity contribution in [2.24, 2.45) is 11.7 Å². The quantitative estimate of drug-likeness (QED) is 0.801. The molecule has 3 N–H and O–H groups in total. The van der Waals surface area contributed by atoms with Crippen LogP contribution >= 0.6 is 0 Å². The number of nitrogens with two attached hydrogens (primary N) is 1. The Morgan fingerprint density at radius 2 is 2.14 bits per heavy atom. The van der Waals surface area contributed by atoms with Gasteiger partial charge in [-0.3, -0.25) is 9.59 Å². The molecular weight excluding hydrogens is 270 g/mol. The number of nitrogens with one attached hydrogen (secondary N) is 1. The van der Waals surface area contributed by atoms with Gasteiger partial charge in [-0.15, -0.1) is 0 Å². The second kappa shape index (κ2) is 6.86. The first kappa shape index (κ1) is 15.0. The highest BCUT2D eigenvalue weighted by molar-refractivity contribution is 5.87. The molecule has 6 nitrogen and oxygen atoms in total. The smallest absolute Gasteiger partial charge is 0.240 e. The first-order valence-electron chi connectivity index (χ1n) is 6.76. The highest BCUT2D eigenvalue weighted by Gasteiger charge is 2.27. The monoisotopic (exact) mass is 287 g/mol. The average Bonchev–Trinajstić information content (AvgIpc) is 3.01. The number of hydrogen-bond acceptors (Lipinski definition) is 4. The molecular formula is C15H17N3O3. The molecule has 110 valence electrons. The molecule has 2 atom stereocenters. The molecule has 1 aliphatic rings. The number of nitriles is 1. The summed E-state index contributed by atoms with van der Waals surface area (Å²) in [7, 11) is 0. The predicted molar refractivity (Wildman–Crippen MR) is 74.9 cm³/mol. The normalized spacial score (nSPS) is 18.7. The summed E-state index contributed by atoms with van der Waals surface area (Å²) in [6, 6.07) is 8.10. The van der Waals surface area contributed by atoms with Gasteiger partial charge in [0.1, 0.15) is 6.04 Å². The van der Waals surface area contributed by atoms with E-state index in [1.807, 2.05) is 6.07 Å². The van der Waals surface area contributed by atoms with Crippen LogP contribution in [0.2, 0.25) is 0 Å². The summed E-state index contributed by atoms with van der Waals surface area (Å²) in [5.74, 6) is -0.996. The standard InChI is InChI=1S/C15H17N3O3/c16-8-11-3-1-10(2-4-11)7-13(14(17)19)18-15(20)12-5-6-21-9-12/h1-4,12-13H,5-7,9H2,(H2,17,19)(H,18,20)/t12-,13+/m0/s1. The Morgan fingerprint density at radius 1 is 1.43 bits per heavy atom. The number of benzene rings is 1. The van der Waals surface area contributed by atoms with Gasteiger partial charge in [0, 0.05) is 13.0 Å². The highest BCUT2D eigenvalue weighted by Crippen LogP contribution is 2.13. The van der Waals surface area contributed by atoms with Crippen molar-refractivity contribution in [1.29, 1.82) is 5.26 Å². The summed E-state index contributed by atoms with van der Waals surface area (Å²) in [5.41, 5.74) is 6.73. The number of nitrogens with zero attached hydrogens (tertiary/aromatic N) is 1.